The third-order valence-corrected chi connectivity index (χ3v) is 2.92. The lowest BCUT2D eigenvalue weighted by Crippen LogP contribution is -2.03. The summed E-state index contributed by atoms with van der Waals surface area (Å²) in [5.74, 6) is 0.427. The largest absolute Gasteiger partial charge is 0.496 e. The molecule has 3 rings (SSSR count). The van der Waals surface area contributed by atoms with E-state index < -0.39 is 0 Å². The molecule has 1 aromatic carbocycles. The molecule has 0 saturated carbocycles. The Morgan fingerprint density at radius 1 is 1.21 bits per heavy atom. The summed E-state index contributed by atoms with van der Waals surface area (Å²) in [5.41, 5.74) is 1.71. The number of carbonyl (C=O) groups excluding carboxylic acids is 1. The van der Waals surface area contributed by atoms with Gasteiger partial charge in [-0.15, -0.1) is 0 Å². The monoisotopic (exact) mass is 253 g/mol. The zero-order valence-corrected chi connectivity index (χ0v) is 10.3. The quantitative estimate of drug-likeness (QED) is 0.670. The van der Waals surface area contributed by atoms with Gasteiger partial charge in [-0.2, -0.15) is 5.10 Å². The number of hydrogen-bond acceptors (Lipinski definition) is 4. The Labute approximate surface area is 109 Å². The summed E-state index contributed by atoms with van der Waals surface area (Å²) in [6.07, 6.45) is 6.49. The Morgan fingerprint density at radius 3 is 2.89 bits per heavy atom. The summed E-state index contributed by atoms with van der Waals surface area (Å²) in [5, 5.41) is 4.14. The summed E-state index contributed by atoms with van der Waals surface area (Å²) in [4.78, 5) is 16.6. The Kier molecular flexibility index (Phi) is 2.72. The predicted octanol–water partition coefficient (Wildman–Crippen LogP) is 1.97. The number of hydrogen-bond donors (Lipinski definition) is 0. The molecule has 0 radical (unpaired) electrons. The molecular weight excluding hydrogens is 242 g/mol. The molecule has 0 atom stereocenters. The highest BCUT2D eigenvalue weighted by atomic mass is 16.5. The third-order valence-electron chi connectivity index (χ3n) is 2.92. The highest BCUT2D eigenvalue weighted by Crippen LogP contribution is 2.22. The molecule has 5 heteroatoms. The van der Waals surface area contributed by atoms with Gasteiger partial charge in [0.25, 0.3) is 0 Å². The van der Waals surface area contributed by atoms with Gasteiger partial charge in [-0.05, 0) is 12.1 Å². The Bertz CT molecular complexity index is 749. The molecular formula is C14H11N3O2. The first-order valence-electron chi connectivity index (χ1n) is 5.76. The van der Waals surface area contributed by atoms with Gasteiger partial charge in [-0.3, -0.25) is 9.78 Å². The van der Waals surface area contributed by atoms with Crippen LogP contribution in [-0.4, -0.2) is 27.5 Å². The number of carbonyl (C=O) groups is 1. The van der Waals surface area contributed by atoms with Crippen LogP contribution in [0.4, 0.5) is 0 Å². The fraction of sp³-hybridized carbons (Fsp3) is 0.0714. The van der Waals surface area contributed by atoms with Crippen molar-refractivity contribution in [3.63, 3.8) is 0 Å². The van der Waals surface area contributed by atoms with Crippen LogP contribution in [0.15, 0.2) is 49.1 Å². The minimum atomic E-state index is -0.125. The molecule has 0 fully saturated rings. The van der Waals surface area contributed by atoms with Crippen molar-refractivity contribution in [2.75, 3.05) is 7.11 Å². The number of ketones is 1. The van der Waals surface area contributed by atoms with Crippen molar-refractivity contribution < 1.29 is 9.53 Å². The van der Waals surface area contributed by atoms with Crippen LogP contribution in [-0.2, 0) is 0 Å². The second-order valence-corrected chi connectivity index (χ2v) is 3.99. The van der Waals surface area contributed by atoms with E-state index in [0.717, 1.165) is 0 Å². The highest BCUT2D eigenvalue weighted by molar-refractivity contribution is 6.14. The smallest absolute Gasteiger partial charge is 0.200 e. The molecule has 0 unspecified atom stereocenters. The molecule has 0 saturated heterocycles. The molecule has 94 valence electrons. The molecule has 0 aliphatic heterocycles. The molecule has 0 bridgehead atoms. The lowest BCUT2D eigenvalue weighted by atomic mass is 10.0. The number of nitrogens with zero attached hydrogens (tertiary/aromatic N) is 3. The second kappa shape index (κ2) is 4.53. The van der Waals surface area contributed by atoms with Gasteiger partial charge in [0.2, 0.25) is 5.78 Å². The number of para-hydroxylation sites is 1. The number of methoxy groups -OCH3 is 1. The second-order valence-electron chi connectivity index (χ2n) is 3.99. The highest BCUT2D eigenvalue weighted by Gasteiger charge is 2.18. The lowest BCUT2D eigenvalue weighted by Gasteiger charge is -2.06. The molecule has 0 spiro atoms. The van der Waals surface area contributed by atoms with Crippen LogP contribution in [0.1, 0.15) is 15.9 Å². The molecule has 0 aliphatic rings. The van der Waals surface area contributed by atoms with Gasteiger partial charge in [-0.25, -0.2) is 4.52 Å². The van der Waals surface area contributed by atoms with Crippen molar-refractivity contribution in [2.24, 2.45) is 0 Å². The van der Waals surface area contributed by atoms with E-state index in [4.69, 9.17) is 4.74 Å². The maximum absolute atomic E-state index is 12.5. The minimum absolute atomic E-state index is 0.125. The van der Waals surface area contributed by atoms with E-state index in [2.05, 4.69) is 10.1 Å². The van der Waals surface area contributed by atoms with Crippen molar-refractivity contribution in [1.29, 1.82) is 0 Å². The SMILES string of the molecule is COc1ccccc1C(=O)c1cnn2ccncc12. The zero-order valence-electron chi connectivity index (χ0n) is 10.3. The predicted molar refractivity (Wildman–Crippen MR) is 69.4 cm³/mol. The standard InChI is InChI=1S/C14H11N3O2/c1-19-13-5-3-2-4-10(13)14(18)11-8-16-17-7-6-15-9-12(11)17/h2-9H,1H3. The van der Waals surface area contributed by atoms with Gasteiger partial charge < -0.3 is 4.74 Å². The third kappa shape index (κ3) is 1.85. The fourth-order valence-electron chi connectivity index (χ4n) is 1.99. The molecule has 0 N–H and O–H groups in total. The van der Waals surface area contributed by atoms with Crippen LogP contribution in [0.25, 0.3) is 5.52 Å². The van der Waals surface area contributed by atoms with Crippen molar-refractivity contribution in [3.8, 4) is 5.75 Å². The lowest BCUT2D eigenvalue weighted by molar-refractivity contribution is 0.103. The van der Waals surface area contributed by atoms with Gasteiger partial charge in [0, 0.05) is 12.4 Å². The first-order valence-corrected chi connectivity index (χ1v) is 5.76. The average molecular weight is 253 g/mol. The number of rotatable bonds is 3. The number of ether oxygens (including phenoxy) is 1. The Hall–Kier alpha value is -2.69. The van der Waals surface area contributed by atoms with Gasteiger partial charge in [0.1, 0.15) is 5.75 Å². The summed E-state index contributed by atoms with van der Waals surface area (Å²) in [7, 11) is 1.55. The molecule has 0 aliphatic carbocycles. The van der Waals surface area contributed by atoms with Crippen LogP contribution in [0.2, 0.25) is 0 Å². The normalized spacial score (nSPS) is 10.6. The first kappa shape index (κ1) is 11.4. The Balaban J connectivity index is 2.14. The van der Waals surface area contributed by atoms with Gasteiger partial charge in [0.05, 0.1) is 36.1 Å². The number of fused-ring (bicyclic) bond motifs is 1. The van der Waals surface area contributed by atoms with Crippen molar-refractivity contribution in [2.45, 2.75) is 0 Å². The Morgan fingerprint density at radius 2 is 2.05 bits per heavy atom. The van der Waals surface area contributed by atoms with E-state index in [-0.39, 0.29) is 5.78 Å². The summed E-state index contributed by atoms with van der Waals surface area (Å²) < 4.78 is 6.83. The minimum Gasteiger partial charge on any atom is -0.496 e. The van der Waals surface area contributed by atoms with Crippen LogP contribution >= 0.6 is 0 Å². The van der Waals surface area contributed by atoms with Crippen LogP contribution in [0.3, 0.4) is 0 Å². The summed E-state index contributed by atoms with van der Waals surface area (Å²) >= 11 is 0. The fourth-order valence-corrected chi connectivity index (χ4v) is 1.99. The molecule has 2 aromatic heterocycles. The maximum atomic E-state index is 12.5. The molecule has 2 heterocycles. The van der Waals surface area contributed by atoms with E-state index in [1.165, 1.54) is 0 Å². The van der Waals surface area contributed by atoms with E-state index in [9.17, 15) is 4.79 Å². The first-order chi connectivity index (χ1) is 9.31. The summed E-state index contributed by atoms with van der Waals surface area (Å²) in [6.45, 7) is 0. The zero-order chi connectivity index (χ0) is 13.2. The van der Waals surface area contributed by atoms with Gasteiger partial charge in [0.15, 0.2) is 0 Å². The molecule has 19 heavy (non-hydrogen) atoms. The van der Waals surface area contributed by atoms with Gasteiger partial charge >= 0.3 is 0 Å². The van der Waals surface area contributed by atoms with E-state index in [0.29, 0.717) is 22.4 Å². The van der Waals surface area contributed by atoms with Crippen LogP contribution in [0, 0.1) is 0 Å². The van der Waals surface area contributed by atoms with Crippen LogP contribution in [0.5, 0.6) is 5.75 Å². The van der Waals surface area contributed by atoms with E-state index in [1.54, 1.807) is 54.6 Å². The summed E-state index contributed by atoms with van der Waals surface area (Å²) in [6, 6.07) is 7.13. The van der Waals surface area contributed by atoms with Gasteiger partial charge in [-0.1, -0.05) is 12.1 Å². The maximum Gasteiger partial charge on any atom is 0.200 e. The number of aromatic nitrogens is 3. The molecule has 5 nitrogen and oxygen atoms in total. The van der Waals surface area contributed by atoms with Crippen molar-refractivity contribution >= 4 is 11.3 Å². The molecule has 3 aromatic rings. The average Bonchev–Trinajstić information content (AvgIpc) is 2.90. The molecule has 0 amide bonds. The van der Waals surface area contributed by atoms with E-state index >= 15 is 0 Å². The van der Waals surface area contributed by atoms with E-state index in [1.807, 2.05) is 6.07 Å². The topological polar surface area (TPSA) is 56.5 Å². The number of benzene rings is 1. The van der Waals surface area contributed by atoms with Crippen molar-refractivity contribution in [1.82, 2.24) is 14.6 Å². The van der Waals surface area contributed by atoms with Crippen molar-refractivity contribution in [3.05, 3.63) is 60.2 Å². The van der Waals surface area contributed by atoms with Crippen LogP contribution < -0.4 is 4.74 Å².